The van der Waals surface area contributed by atoms with Gasteiger partial charge in [0.15, 0.2) is 5.82 Å². The zero-order valence-electron chi connectivity index (χ0n) is 12.5. The summed E-state index contributed by atoms with van der Waals surface area (Å²) < 4.78 is 5.95. The van der Waals surface area contributed by atoms with Crippen LogP contribution in [-0.2, 0) is 16.8 Å². The van der Waals surface area contributed by atoms with Gasteiger partial charge in [-0.2, -0.15) is 0 Å². The number of ether oxygens (including phenoxy) is 1. The van der Waals surface area contributed by atoms with Crippen LogP contribution in [0.4, 0.5) is 5.82 Å². The van der Waals surface area contributed by atoms with Crippen LogP contribution in [0, 0.1) is 0 Å². The van der Waals surface area contributed by atoms with Gasteiger partial charge in [-0.05, 0) is 26.2 Å². The second kappa shape index (κ2) is 7.40. The monoisotopic (exact) mass is 266 g/mol. The summed E-state index contributed by atoms with van der Waals surface area (Å²) in [6.45, 7) is 8.98. The molecule has 0 atom stereocenters. The zero-order chi connectivity index (χ0) is 14.3. The fraction of sp³-hybridized carbons (Fsp3) is 0.714. The summed E-state index contributed by atoms with van der Waals surface area (Å²) in [5, 5.41) is 0. The number of rotatable bonds is 8. The van der Waals surface area contributed by atoms with E-state index in [1.165, 1.54) is 0 Å². The predicted octanol–water partition coefficient (Wildman–Crippen LogP) is 2.77. The average Bonchev–Trinajstić information content (AvgIpc) is 2.45. The van der Waals surface area contributed by atoms with Gasteiger partial charge in [-0.15, -0.1) is 0 Å². The Kier molecular flexibility index (Phi) is 6.18. The third-order valence-electron chi connectivity index (χ3n) is 3.40. The van der Waals surface area contributed by atoms with Crippen LogP contribution in [0.25, 0.3) is 0 Å². The van der Waals surface area contributed by atoms with Gasteiger partial charge in [-0.3, -0.25) is 0 Å². The SMILES string of the molecule is CCCc1cc(NN)nc(C(CC)(CC)OCC)n1. The molecule has 0 bridgehead atoms. The molecule has 5 nitrogen and oxygen atoms in total. The van der Waals surface area contributed by atoms with Gasteiger partial charge >= 0.3 is 0 Å². The molecule has 1 aromatic heterocycles. The van der Waals surface area contributed by atoms with Crippen LogP contribution in [0.5, 0.6) is 0 Å². The maximum absolute atomic E-state index is 5.95. The topological polar surface area (TPSA) is 73.1 Å². The molecule has 0 radical (unpaired) electrons. The molecule has 0 unspecified atom stereocenters. The molecular weight excluding hydrogens is 240 g/mol. The van der Waals surface area contributed by atoms with E-state index in [1.807, 2.05) is 13.0 Å². The minimum absolute atomic E-state index is 0.413. The first-order valence-corrected chi connectivity index (χ1v) is 7.14. The first kappa shape index (κ1) is 15.9. The van der Waals surface area contributed by atoms with E-state index < -0.39 is 5.60 Å². The number of nitrogens with two attached hydrogens (primary N) is 1. The van der Waals surface area contributed by atoms with E-state index in [2.05, 4.69) is 36.2 Å². The molecule has 3 N–H and O–H groups in total. The highest BCUT2D eigenvalue weighted by Gasteiger charge is 2.32. The van der Waals surface area contributed by atoms with E-state index in [9.17, 15) is 0 Å². The first-order valence-electron chi connectivity index (χ1n) is 7.14. The lowest BCUT2D eigenvalue weighted by Gasteiger charge is -2.30. The van der Waals surface area contributed by atoms with Gasteiger partial charge in [0.05, 0.1) is 0 Å². The molecule has 0 fully saturated rings. The van der Waals surface area contributed by atoms with E-state index in [0.29, 0.717) is 12.4 Å². The highest BCUT2D eigenvalue weighted by Crippen LogP contribution is 2.31. The molecular formula is C14H26N4O. The molecule has 1 rings (SSSR count). The number of anilines is 1. The number of nitrogens with one attached hydrogen (secondary N) is 1. The van der Waals surface area contributed by atoms with Crippen molar-refractivity contribution in [1.29, 1.82) is 0 Å². The second-order valence-electron chi connectivity index (χ2n) is 4.60. The molecule has 0 amide bonds. The van der Waals surface area contributed by atoms with Gasteiger partial charge in [0.2, 0.25) is 0 Å². The van der Waals surface area contributed by atoms with Crippen molar-refractivity contribution in [3.05, 3.63) is 17.6 Å². The van der Waals surface area contributed by atoms with E-state index in [1.54, 1.807) is 0 Å². The Morgan fingerprint density at radius 3 is 2.37 bits per heavy atom. The lowest BCUT2D eigenvalue weighted by Crippen LogP contribution is -2.31. The minimum Gasteiger partial charge on any atom is -0.367 e. The molecule has 108 valence electrons. The Labute approximate surface area is 115 Å². The number of hydrogen-bond donors (Lipinski definition) is 2. The Bertz CT molecular complexity index is 391. The highest BCUT2D eigenvalue weighted by atomic mass is 16.5. The highest BCUT2D eigenvalue weighted by molar-refractivity contribution is 5.35. The van der Waals surface area contributed by atoms with Crippen molar-refractivity contribution in [3.8, 4) is 0 Å². The van der Waals surface area contributed by atoms with Crippen molar-refractivity contribution in [2.24, 2.45) is 5.84 Å². The normalized spacial score (nSPS) is 11.6. The number of nitrogen functional groups attached to an aromatic ring is 1. The van der Waals surface area contributed by atoms with E-state index in [-0.39, 0.29) is 0 Å². The summed E-state index contributed by atoms with van der Waals surface area (Å²) in [5.74, 6) is 6.89. The summed E-state index contributed by atoms with van der Waals surface area (Å²) in [4.78, 5) is 9.17. The van der Waals surface area contributed by atoms with Crippen molar-refractivity contribution in [1.82, 2.24) is 9.97 Å². The quantitative estimate of drug-likeness (QED) is 0.559. The number of aromatic nitrogens is 2. The molecule has 19 heavy (non-hydrogen) atoms. The fourth-order valence-electron chi connectivity index (χ4n) is 2.27. The maximum atomic E-state index is 5.95. The van der Waals surface area contributed by atoms with Gasteiger partial charge in [-0.1, -0.05) is 27.2 Å². The van der Waals surface area contributed by atoms with Gasteiger partial charge in [0.1, 0.15) is 11.4 Å². The number of hydrogen-bond acceptors (Lipinski definition) is 5. The van der Waals surface area contributed by atoms with Crippen LogP contribution < -0.4 is 11.3 Å². The van der Waals surface area contributed by atoms with Gasteiger partial charge in [0.25, 0.3) is 0 Å². The Morgan fingerprint density at radius 1 is 1.21 bits per heavy atom. The van der Waals surface area contributed by atoms with Crippen LogP contribution in [0.2, 0.25) is 0 Å². The fourth-order valence-corrected chi connectivity index (χ4v) is 2.27. The molecule has 0 aliphatic rings. The minimum atomic E-state index is -0.413. The molecule has 0 saturated carbocycles. The predicted molar refractivity (Wildman–Crippen MR) is 77.7 cm³/mol. The first-order chi connectivity index (χ1) is 9.15. The van der Waals surface area contributed by atoms with Gasteiger partial charge in [0, 0.05) is 18.4 Å². The zero-order valence-corrected chi connectivity index (χ0v) is 12.5. The smallest absolute Gasteiger partial charge is 0.162 e. The molecule has 0 saturated heterocycles. The van der Waals surface area contributed by atoms with E-state index >= 15 is 0 Å². The molecule has 5 heteroatoms. The lowest BCUT2D eigenvalue weighted by molar-refractivity contribution is -0.0572. The largest absolute Gasteiger partial charge is 0.367 e. The summed E-state index contributed by atoms with van der Waals surface area (Å²) >= 11 is 0. The molecule has 0 aliphatic heterocycles. The van der Waals surface area contributed by atoms with Crippen LogP contribution in [0.1, 0.15) is 58.5 Å². The van der Waals surface area contributed by atoms with Gasteiger partial charge < -0.3 is 10.2 Å². The Balaban J connectivity index is 3.24. The third-order valence-corrected chi connectivity index (χ3v) is 3.40. The average molecular weight is 266 g/mol. The standard InChI is InChI=1S/C14H26N4O/c1-5-9-11-10-12(18-15)17-13(16-11)14(6-2,7-3)19-8-4/h10H,5-9,15H2,1-4H3,(H,16,17,18). The van der Waals surface area contributed by atoms with E-state index in [0.717, 1.165) is 37.2 Å². The van der Waals surface area contributed by atoms with Crippen molar-refractivity contribution < 1.29 is 4.74 Å². The van der Waals surface area contributed by atoms with Crippen molar-refractivity contribution in [2.45, 2.75) is 59.0 Å². The molecule has 0 aromatic carbocycles. The van der Waals surface area contributed by atoms with Crippen LogP contribution >= 0.6 is 0 Å². The number of nitrogens with zero attached hydrogens (tertiary/aromatic N) is 2. The van der Waals surface area contributed by atoms with Crippen molar-refractivity contribution in [2.75, 3.05) is 12.0 Å². The molecule has 0 spiro atoms. The lowest BCUT2D eigenvalue weighted by atomic mass is 9.95. The summed E-state index contributed by atoms with van der Waals surface area (Å²) in [5.41, 5.74) is 3.22. The van der Waals surface area contributed by atoms with Crippen LogP contribution in [0.15, 0.2) is 6.07 Å². The van der Waals surface area contributed by atoms with Crippen LogP contribution in [-0.4, -0.2) is 16.6 Å². The molecule has 1 aromatic rings. The summed E-state index contributed by atoms with van der Waals surface area (Å²) in [6, 6.07) is 1.90. The van der Waals surface area contributed by atoms with E-state index in [4.69, 9.17) is 10.6 Å². The van der Waals surface area contributed by atoms with Crippen molar-refractivity contribution >= 4 is 5.82 Å². The Hall–Kier alpha value is -1.20. The van der Waals surface area contributed by atoms with Crippen LogP contribution in [0.3, 0.4) is 0 Å². The molecule has 0 aliphatic carbocycles. The second-order valence-corrected chi connectivity index (χ2v) is 4.60. The molecule has 1 heterocycles. The van der Waals surface area contributed by atoms with Crippen molar-refractivity contribution in [3.63, 3.8) is 0 Å². The third kappa shape index (κ3) is 3.64. The Morgan fingerprint density at radius 2 is 1.89 bits per heavy atom. The number of hydrazine groups is 1. The summed E-state index contributed by atoms with van der Waals surface area (Å²) in [6.07, 6.45) is 3.65. The number of aryl methyl sites for hydroxylation is 1. The summed E-state index contributed by atoms with van der Waals surface area (Å²) in [7, 11) is 0. The van der Waals surface area contributed by atoms with Gasteiger partial charge in [-0.25, -0.2) is 15.8 Å². The maximum Gasteiger partial charge on any atom is 0.162 e.